The maximum Gasteiger partial charge on any atom is 0.191 e. The highest BCUT2D eigenvalue weighted by Gasteiger charge is 2.23. The number of benzene rings is 1. The van der Waals surface area contributed by atoms with Gasteiger partial charge in [-0.25, -0.2) is 8.78 Å². The molecule has 1 atom stereocenters. The molecule has 0 radical (unpaired) electrons. The minimum atomic E-state index is -0.849. The van der Waals surface area contributed by atoms with E-state index in [-0.39, 0.29) is 5.56 Å². The zero-order valence-electron chi connectivity index (χ0n) is 14.3. The molecule has 1 unspecified atom stereocenters. The van der Waals surface area contributed by atoms with E-state index in [4.69, 9.17) is 0 Å². The van der Waals surface area contributed by atoms with Crippen LogP contribution in [0.5, 0.6) is 0 Å². The normalized spacial score (nSPS) is 12.3. The molecule has 0 saturated carbocycles. The number of halogens is 2. The third-order valence-corrected chi connectivity index (χ3v) is 5.93. The fourth-order valence-corrected chi connectivity index (χ4v) is 4.19. The smallest absolute Gasteiger partial charge is 0.191 e. The number of carbonyl (C=O) groups is 1. The number of rotatable bonds is 7. The second-order valence-electron chi connectivity index (χ2n) is 5.76. The van der Waals surface area contributed by atoms with Crippen LogP contribution in [0.2, 0.25) is 0 Å². The van der Waals surface area contributed by atoms with E-state index in [1.54, 1.807) is 18.3 Å². The van der Waals surface area contributed by atoms with Crippen LogP contribution in [0.4, 0.5) is 8.78 Å². The van der Waals surface area contributed by atoms with E-state index in [9.17, 15) is 13.6 Å². The van der Waals surface area contributed by atoms with Crippen molar-refractivity contribution in [2.75, 3.05) is 0 Å². The van der Waals surface area contributed by atoms with Gasteiger partial charge in [-0.1, -0.05) is 17.8 Å². The van der Waals surface area contributed by atoms with Crippen LogP contribution in [-0.4, -0.2) is 25.8 Å². The monoisotopic (exact) mass is 393 g/mol. The minimum Gasteiger partial charge on any atom is -0.306 e. The molecule has 0 aliphatic carbocycles. The number of hydrogen-bond acceptors (Lipinski definition) is 5. The molecular formula is C18H17F2N3OS2. The Morgan fingerprint density at radius 1 is 1.31 bits per heavy atom. The molecule has 3 aromatic rings. The van der Waals surface area contributed by atoms with Gasteiger partial charge in [0.1, 0.15) is 17.5 Å². The van der Waals surface area contributed by atoms with Crippen LogP contribution >= 0.6 is 23.1 Å². The highest BCUT2D eigenvalue weighted by molar-refractivity contribution is 8.00. The molecule has 0 fully saturated rings. The van der Waals surface area contributed by atoms with Crippen molar-refractivity contribution < 1.29 is 13.6 Å². The molecule has 2 heterocycles. The number of nitrogens with zero attached hydrogens (tertiary/aromatic N) is 3. The molecule has 0 aliphatic rings. The van der Waals surface area contributed by atoms with Gasteiger partial charge in [-0.15, -0.1) is 21.5 Å². The van der Waals surface area contributed by atoms with E-state index in [2.05, 4.69) is 16.3 Å². The number of thioether (sulfide) groups is 1. The maximum atomic E-state index is 13.9. The van der Waals surface area contributed by atoms with Gasteiger partial charge >= 0.3 is 0 Å². The lowest BCUT2D eigenvalue weighted by Gasteiger charge is -2.12. The summed E-state index contributed by atoms with van der Waals surface area (Å²) in [4.78, 5) is 13.8. The third kappa shape index (κ3) is 4.19. The summed E-state index contributed by atoms with van der Waals surface area (Å²) in [5.74, 6) is -1.20. The van der Waals surface area contributed by atoms with Crippen LogP contribution in [0, 0.1) is 18.6 Å². The molecule has 3 rings (SSSR count). The molecule has 0 spiro atoms. The number of aromatic nitrogens is 3. The Hall–Kier alpha value is -2.06. The fraction of sp³-hybridized carbons (Fsp3) is 0.278. The van der Waals surface area contributed by atoms with Crippen molar-refractivity contribution in [3.05, 3.63) is 63.6 Å². The fourth-order valence-electron chi connectivity index (χ4n) is 2.50. The van der Waals surface area contributed by atoms with Gasteiger partial charge in [0.15, 0.2) is 10.9 Å². The average Bonchev–Trinajstić information content (AvgIpc) is 3.23. The molecule has 0 aliphatic heterocycles. The van der Waals surface area contributed by atoms with Crippen molar-refractivity contribution in [3.63, 3.8) is 0 Å². The first-order chi connectivity index (χ1) is 12.5. The molecule has 0 saturated heterocycles. The summed E-state index contributed by atoms with van der Waals surface area (Å²) in [6.07, 6.45) is 0.846. The summed E-state index contributed by atoms with van der Waals surface area (Å²) in [6.45, 7) is 4.24. The van der Waals surface area contributed by atoms with Crippen LogP contribution < -0.4 is 0 Å². The van der Waals surface area contributed by atoms with Crippen LogP contribution in [0.25, 0.3) is 0 Å². The average molecular weight is 393 g/mol. The standard InChI is InChI=1S/C18H17F2N3OS2/c1-11(17(24)15-6-5-13(19)10-16(15)20)26-18-22-21-12(2)23(18)8-7-14-4-3-9-25-14/h3-6,9-11H,7-8H2,1-2H3. The van der Waals surface area contributed by atoms with Crippen LogP contribution in [-0.2, 0) is 13.0 Å². The van der Waals surface area contributed by atoms with E-state index in [1.807, 2.05) is 22.9 Å². The molecular weight excluding hydrogens is 376 g/mol. The molecule has 8 heteroatoms. The topological polar surface area (TPSA) is 47.8 Å². The minimum absolute atomic E-state index is 0.118. The van der Waals surface area contributed by atoms with E-state index in [0.29, 0.717) is 11.7 Å². The van der Waals surface area contributed by atoms with Crippen molar-refractivity contribution in [1.82, 2.24) is 14.8 Å². The number of ketones is 1. The second-order valence-corrected chi connectivity index (χ2v) is 8.10. The second kappa shape index (κ2) is 8.09. The Kier molecular flexibility index (Phi) is 5.83. The van der Waals surface area contributed by atoms with Crippen LogP contribution in [0.15, 0.2) is 40.9 Å². The van der Waals surface area contributed by atoms with Gasteiger partial charge in [0.25, 0.3) is 0 Å². The van der Waals surface area contributed by atoms with Crippen molar-refractivity contribution in [2.24, 2.45) is 0 Å². The van der Waals surface area contributed by atoms with Crippen LogP contribution in [0.3, 0.4) is 0 Å². The largest absolute Gasteiger partial charge is 0.306 e. The summed E-state index contributed by atoms with van der Waals surface area (Å²) in [7, 11) is 0. The predicted octanol–water partition coefficient (Wildman–Crippen LogP) is 4.53. The molecule has 1 aromatic carbocycles. The lowest BCUT2D eigenvalue weighted by molar-refractivity contribution is 0.0990. The van der Waals surface area contributed by atoms with E-state index >= 15 is 0 Å². The van der Waals surface area contributed by atoms with Gasteiger partial charge in [0.2, 0.25) is 0 Å². The Bertz CT molecular complexity index is 909. The van der Waals surface area contributed by atoms with Crippen molar-refractivity contribution >= 4 is 28.9 Å². The summed E-state index contributed by atoms with van der Waals surface area (Å²) >= 11 is 2.91. The Balaban J connectivity index is 1.72. The molecule has 0 amide bonds. The van der Waals surface area contributed by atoms with Gasteiger partial charge in [-0.3, -0.25) is 4.79 Å². The van der Waals surface area contributed by atoms with Crippen molar-refractivity contribution in [2.45, 2.75) is 37.2 Å². The van der Waals surface area contributed by atoms with E-state index < -0.39 is 22.7 Å². The number of thiophene rings is 1. The Morgan fingerprint density at radius 2 is 2.12 bits per heavy atom. The number of aryl methyl sites for hydroxylation is 2. The molecule has 0 N–H and O–H groups in total. The number of hydrogen-bond donors (Lipinski definition) is 0. The van der Waals surface area contributed by atoms with Gasteiger partial charge < -0.3 is 4.57 Å². The SMILES string of the molecule is Cc1nnc(SC(C)C(=O)c2ccc(F)cc2F)n1CCc1cccs1. The zero-order valence-corrected chi connectivity index (χ0v) is 15.9. The quantitative estimate of drug-likeness (QED) is 0.437. The summed E-state index contributed by atoms with van der Waals surface area (Å²) in [5.41, 5.74) is -0.118. The molecule has 136 valence electrons. The lowest BCUT2D eigenvalue weighted by Crippen LogP contribution is -2.16. The van der Waals surface area contributed by atoms with Crippen LogP contribution in [0.1, 0.15) is 28.0 Å². The maximum absolute atomic E-state index is 13.9. The number of Topliss-reactive ketones (excluding diaryl/α,β-unsaturated/α-hetero) is 1. The third-order valence-electron chi connectivity index (χ3n) is 3.91. The van der Waals surface area contributed by atoms with E-state index in [1.165, 1.54) is 22.7 Å². The first-order valence-electron chi connectivity index (χ1n) is 8.04. The lowest BCUT2D eigenvalue weighted by atomic mass is 10.1. The Labute approximate surface area is 158 Å². The van der Waals surface area contributed by atoms with Gasteiger partial charge in [-0.05, 0) is 43.8 Å². The Morgan fingerprint density at radius 3 is 2.81 bits per heavy atom. The highest BCUT2D eigenvalue weighted by atomic mass is 32.2. The highest BCUT2D eigenvalue weighted by Crippen LogP contribution is 2.26. The van der Waals surface area contributed by atoms with Gasteiger partial charge in [0, 0.05) is 17.5 Å². The molecule has 0 bridgehead atoms. The zero-order chi connectivity index (χ0) is 18.7. The molecule has 2 aromatic heterocycles. The first-order valence-corrected chi connectivity index (χ1v) is 9.79. The molecule has 4 nitrogen and oxygen atoms in total. The van der Waals surface area contributed by atoms with E-state index in [0.717, 1.165) is 24.4 Å². The van der Waals surface area contributed by atoms with Crippen molar-refractivity contribution in [3.8, 4) is 0 Å². The molecule has 26 heavy (non-hydrogen) atoms. The summed E-state index contributed by atoms with van der Waals surface area (Å²) in [5, 5.41) is 10.3. The van der Waals surface area contributed by atoms with Gasteiger partial charge in [-0.2, -0.15) is 0 Å². The summed E-state index contributed by atoms with van der Waals surface area (Å²) < 4.78 is 28.9. The van der Waals surface area contributed by atoms with Crippen molar-refractivity contribution in [1.29, 1.82) is 0 Å². The van der Waals surface area contributed by atoms with Gasteiger partial charge in [0.05, 0.1) is 10.8 Å². The predicted molar refractivity (Wildman–Crippen MR) is 98.8 cm³/mol. The number of carbonyl (C=O) groups excluding carboxylic acids is 1. The summed E-state index contributed by atoms with van der Waals surface area (Å²) in [6, 6.07) is 7.06. The first kappa shape index (κ1) is 18.7.